The van der Waals surface area contributed by atoms with Gasteiger partial charge >= 0.3 is 0 Å². The largest absolute Gasteiger partial charge is 0.324 e. The van der Waals surface area contributed by atoms with Gasteiger partial charge in [0.2, 0.25) is 0 Å². The van der Waals surface area contributed by atoms with Gasteiger partial charge in [0.1, 0.15) is 0 Å². The molecule has 0 aliphatic heterocycles. The molecule has 1 aliphatic carbocycles. The molecule has 1 rings (SSSR count). The fourth-order valence-electron chi connectivity index (χ4n) is 2.23. The van der Waals surface area contributed by atoms with Crippen LogP contribution in [0.2, 0.25) is 0 Å². The molecule has 0 heterocycles. The maximum absolute atomic E-state index is 6.28. The van der Waals surface area contributed by atoms with Crippen LogP contribution in [0.25, 0.3) is 0 Å². The maximum Gasteiger partial charge on any atom is 0.0503 e. The Morgan fingerprint density at radius 2 is 0.857 bits per heavy atom. The highest BCUT2D eigenvalue weighted by Crippen LogP contribution is 2.43. The summed E-state index contributed by atoms with van der Waals surface area (Å²) in [6.07, 6.45) is 1.61. The second-order valence-corrected chi connectivity index (χ2v) is 5.74. The number of hydrogen-bond acceptors (Lipinski definition) is 4. The molecule has 4 unspecified atom stereocenters. The van der Waals surface area contributed by atoms with Crippen molar-refractivity contribution in [2.24, 2.45) is 22.9 Å². The van der Waals surface area contributed by atoms with Crippen molar-refractivity contribution in [2.75, 3.05) is 0 Å². The fourth-order valence-corrected chi connectivity index (χ4v) is 2.23. The molecule has 4 nitrogen and oxygen atoms in total. The highest BCUT2D eigenvalue weighted by molar-refractivity contribution is 5.25. The third kappa shape index (κ3) is 1.21. The highest BCUT2D eigenvalue weighted by atomic mass is 15.1. The molecule has 0 radical (unpaired) electrons. The number of nitrogens with two attached hydrogens (primary N) is 4. The molecule has 0 spiro atoms. The Kier molecular flexibility index (Phi) is 2.29. The molecule has 0 aromatic carbocycles. The van der Waals surface area contributed by atoms with Crippen molar-refractivity contribution >= 4 is 0 Å². The van der Waals surface area contributed by atoms with Crippen LogP contribution < -0.4 is 22.9 Å². The lowest BCUT2D eigenvalue weighted by molar-refractivity contribution is 0.0292. The molecule has 1 fully saturated rings. The van der Waals surface area contributed by atoms with Gasteiger partial charge in [-0.25, -0.2) is 0 Å². The van der Waals surface area contributed by atoms with Gasteiger partial charge in [-0.3, -0.25) is 0 Å². The molecule has 0 saturated heterocycles. The van der Waals surface area contributed by atoms with E-state index in [2.05, 4.69) is 0 Å². The lowest BCUT2D eigenvalue weighted by Crippen LogP contribution is -2.86. The summed E-state index contributed by atoms with van der Waals surface area (Å²) in [6.45, 7) is 7.70. The molecular formula is C10H24N4. The molecule has 0 amide bonds. The van der Waals surface area contributed by atoms with E-state index in [9.17, 15) is 0 Å². The van der Waals surface area contributed by atoms with Crippen LogP contribution in [0.3, 0.4) is 0 Å². The third-order valence-electron chi connectivity index (χ3n) is 4.62. The van der Waals surface area contributed by atoms with Crippen LogP contribution in [0, 0.1) is 0 Å². The zero-order valence-corrected chi connectivity index (χ0v) is 9.72. The van der Waals surface area contributed by atoms with Crippen LogP contribution in [0.4, 0.5) is 0 Å². The average Bonchev–Trinajstić information content (AvgIpc) is 1.98. The molecular weight excluding hydrogens is 176 g/mol. The van der Waals surface area contributed by atoms with Crippen LogP contribution in [-0.4, -0.2) is 22.2 Å². The first kappa shape index (κ1) is 11.9. The molecule has 1 aliphatic rings. The predicted octanol–water partition coefficient (Wildman–Crippen LogP) is -0.350. The highest BCUT2D eigenvalue weighted by Gasteiger charge is 2.60. The van der Waals surface area contributed by atoms with E-state index in [0.29, 0.717) is 0 Å². The first-order valence-corrected chi connectivity index (χ1v) is 5.11. The summed E-state index contributed by atoms with van der Waals surface area (Å²) >= 11 is 0. The van der Waals surface area contributed by atoms with Crippen molar-refractivity contribution in [1.82, 2.24) is 0 Å². The predicted molar refractivity (Wildman–Crippen MR) is 59.6 cm³/mol. The minimum absolute atomic E-state index is 0.463. The average molecular weight is 200 g/mol. The first-order chi connectivity index (χ1) is 5.96. The standard InChI is InChI=1S/C10H24N4/c1-7(11)5-6-8(2,12)10(4,14)9(7,3)13/h5-6,11-14H2,1-4H3. The van der Waals surface area contributed by atoms with Crippen molar-refractivity contribution in [3.8, 4) is 0 Å². The lowest BCUT2D eigenvalue weighted by atomic mass is 9.53. The first-order valence-electron chi connectivity index (χ1n) is 5.11. The molecule has 4 heteroatoms. The van der Waals surface area contributed by atoms with E-state index in [4.69, 9.17) is 22.9 Å². The second kappa shape index (κ2) is 2.70. The van der Waals surface area contributed by atoms with Gasteiger partial charge in [0.05, 0.1) is 11.1 Å². The zero-order chi connectivity index (χ0) is 11.4. The molecule has 1 saturated carbocycles. The summed E-state index contributed by atoms with van der Waals surface area (Å²) in [4.78, 5) is 0. The smallest absolute Gasteiger partial charge is 0.0503 e. The Balaban J connectivity index is 3.20. The summed E-state index contributed by atoms with van der Waals surface area (Å²) in [5.41, 5.74) is 22.7. The minimum atomic E-state index is -0.665. The van der Waals surface area contributed by atoms with Gasteiger partial charge in [0, 0.05) is 11.1 Å². The van der Waals surface area contributed by atoms with E-state index in [-0.39, 0.29) is 0 Å². The molecule has 0 bridgehead atoms. The Hall–Kier alpha value is -0.160. The van der Waals surface area contributed by atoms with Gasteiger partial charge < -0.3 is 22.9 Å². The van der Waals surface area contributed by atoms with Gasteiger partial charge in [-0.1, -0.05) is 0 Å². The van der Waals surface area contributed by atoms with E-state index < -0.39 is 22.2 Å². The Labute approximate surface area is 86.4 Å². The minimum Gasteiger partial charge on any atom is -0.324 e. The Bertz CT molecular complexity index is 215. The fraction of sp³-hybridized carbons (Fsp3) is 1.00. The quantitative estimate of drug-likeness (QED) is 0.429. The summed E-state index contributed by atoms with van der Waals surface area (Å²) < 4.78 is 0. The third-order valence-corrected chi connectivity index (χ3v) is 4.62. The topological polar surface area (TPSA) is 104 Å². The number of hydrogen-bond donors (Lipinski definition) is 4. The van der Waals surface area contributed by atoms with E-state index >= 15 is 0 Å². The zero-order valence-electron chi connectivity index (χ0n) is 9.72. The molecule has 0 aromatic heterocycles. The molecule has 4 atom stereocenters. The molecule has 0 aromatic rings. The van der Waals surface area contributed by atoms with Gasteiger partial charge in [-0.15, -0.1) is 0 Å². The van der Waals surface area contributed by atoms with E-state index in [0.717, 1.165) is 12.8 Å². The SMILES string of the molecule is CC1(N)CCC(C)(N)C(C)(N)C1(C)N. The summed E-state index contributed by atoms with van der Waals surface area (Å²) in [5.74, 6) is 0. The van der Waals surface area contributed by atoms with Gasteiger partial charge in [-0.05, 0) is 40.5 Å². The Morgan fingerprint density at radius 1 is 0.643 bits per heavy atom. The second-order valence-electron chi connectivity index (χ2n) is 5.74. The van der Waals surface area contributed by atoms with Crippen molar-refractivity contribution < 1.29 is 0 Å². The summed E-state index contributed by atoms with van der Waals surface area (Å²) in [7, 11) is 0. The van der Waals surface area contributed by atoms with E-state index in [1.807, 2.05) is 27.7 Å². The van der Waals surface area contributed by atoms with Gasteiger partial charge in [0.15, 0.2) is 0 Å². The monoisotopic (exact) mass is 200 g/mol. The van der Waals surface area contributed by atoms with Crippen LogP contribution >= 0.6 is 0 Å². The lowest BCUT2D eigenvalue weighted by Gasteiger charge is -2.61. The molecule has 8 N–H and O–H groups in total. The van der Waals surface area contributed by atoms with Crippen LogP contribution in [0.1, 0.15) is 40.5 Å². The maximum atomic E-state index is 6.28. The van der Waals surface area contributed by atoms with Gasteiger partial charge in [-0.2, -0.15) is 0 Å². The van der Waals surface area contributed by atoms with Crippen molar-refractivity contribution in [2.45, 2.75) is 62.7 Å². The summed E-state index contributed by atoms with van der Waals surface area (Å²) in [6, 6.07) is 0. The van der Waals surface area contributed by atoms with Gasteiger partial charge in [0.25, 0.3) is 0 Å². The molecule has 84 valence electrons. The summed E-state index contributed by atoms with van der Waals surface area (Å²) in [5, 5.41) is 0. The van der Waals surface area contributed by atoms with Crippen molar-refractivity contribution in [3.05, 3.63) is 0 Å². The molecule has 14 heavy (non-hydrogen) atoms. The Morgan fingerprint density at radius 3 is 1.07 bits per heavy atom. The van der Waals surface area contributed by atoms with Crippen molar-refractivity contribution in [3.63, 3.8) is 0 Å². The number of rotatable bonds is 0. The van der Waals surface area contributed by atoms with Crippen LogP contribution in [0.5, 0.6) is 0 Å². The van der Waals surface area contributed by atoms with E-state index in [1.54, 1.807) is 0 Å². The normalized spacial score (nSPS) is 60.0. The van der Waals surface area contributed by atoms with E-state index in [1.165, 1.54) is 0 Å². The van der Waals surface area contributed by atoms with Crippen LogP contribution in [0.15, 0.2) is 0 Å². The van der Waals surface area contributed by atoms with Crippen LogP contribution in [-0.2, 0) is 0 Å². The van der Waals surface area contributed by atoms with Crippen molar-refractivity contribution in [1.29, 1.82) is 0 Å².